The minimum Gasteiger partial charge on any atom is -0.338 e. The highest BCUT2D eigenvalue weighted by Crippen LogP contribution is 2.22. The second-order valence-electron chi connectivity index (χ2n) is 5.03. The Morgan fingerprint density at radius 3 is 3.00 bits per heavy atom. The van der Waals surface area contributed by atoms with Crippen molar-refractivity contribution < 1.29 is 4.79 Å². The molecule has 0 spiro atoms. The minimum atomic E-state index is 0.193. The van der Waals surface area contributed by atoms with Crippen molar-refractivity contribution in [2.24, 2.45) is 5.92 Å². The van der Waals surface area contributed by atoms with E-state index >= 15 is 0 Å². The number of aromatic nitrogens is 1. The van der Waals surface area contributed by atoms with E-state index in [2.05, 4.69) is 11.1 Å². The minimum absolute atomic E-state index is 0.193. The number of carbonyl (C=O) groups excluding carboxylic acids is 1. The van der Waals surface area contributed by atoms with Crippen LogP contribution in [0.4, 0.5) is 0 Å². The van der Waals surface area contributed by atoms with Gasteiger partial charge in [0.25, 0.3) is 0 Å². The van der Waals surface area contributed by atoms with Gasteiger partial charge in [-0.15, -0.1) is 11.6 Å². The van der Waals surface area contributed by atoms with Gasteiger partial charge in [0, 0.05) is 37.0 Å². The summed E-state index contributed by atoms with van der Waals surface area (Å²) in [5, 5.41) is 1.11. The van der Waals surface area contributed by atoms with Gasteiger partial charge in [0.1, 0.15) is 0 Å². The van der Waals surface area contributed by atoms with Crippen molar-refractivity contribution in [1.29, 1.82) is 0 Å². The highest BCUT2D eigenvalue weighted by atomic mass is 35.5. The Kier molecular flexibility index (Phi) is 3.38. The Balaban J connectivity index is 1.80. The van der Waals surface area contributed by atoms with Crippen LogP contribution < -0.4 is 0 Å². The quantitative estimate of drug-likeness (QED) is 0.807. The smallest absolute Gasteiger partial charge is 0.223 e. The number of para-hydroxylation sites is 1. The van der Waals surface area contributed by atoms with Gasteiger partial charge in [0.05, 0.1) is 5.52 Å². The van der Waals surface area contributed by atoms with Crippen LogP contribution in [-0.2, 0) is 11.3 Å². The largest absolute Gasteiger partial charge is 0.338 e. The Morgan fingerprint density at radius 2 is 2.21 bits per heavy atom. The van der Waals surface area contributed by atoms with Crippen LogP contribution in [0.1, 0.15) is 12.0 Å². The first-order chi connectivity index (χ1) is 9.26. The number of amides is 1. The van der Waals surface area contributed by atoms with Gasteiger partial charge in [-0.25, -0.2) is 0 Å². The van der Waals surface area contributed by atoms with Crippen LogP contribution in [0, 0.1) is 5.92 Å². The molecule has 2 aromatic rings. The predicted molar refractivity (Wildman–Crippen MR) is 76.0 cm³/mol. The van der Waals surface area contributed by atoms with Gasteiger partial charge >= 0.3 is 0 Å². The van der Waals surface area contributed by atoms with Gasteiger partial charge in [0.15, 0.2) is 0 Å². The Labute approximate surface area is 117 Å². The van der Waals surface area contributed by atoms with E-state index in [-0.39, 0.29) is 5.91 Å². The number of hydrogen-bond acceptors (Lipinski definition) is 2. The van der Waals surface area contributed by atoms with E-state index in [1.165, 1.54) is 0 Å². The lowest BCUT2D eigenvalue weighted by molar-refractivity contribution is -0.128. The number of benzene rings is 1. The summed E-state index contributed by atoms with van der Waals surface area (Å²) < 4.78 is 0. The van der Waals surface area contributed by atoms with Crippen molar-refractivity contribution in [2.45, 2.75) is 13.0 Å². The average Bonchev–Trinajstić information content (AvgIpc) is 2.79. The molecular weight excluding hydrogens is 260 g/mol. The molecule has 0 aliphatic carbocycles. The number of fused-ring (bicyclic) bond motifs is 1. The number of rotatable bonds is 3. The number of alkyl halides is 1. The molecule has 1 fully saturated rings. The molecule has 0 radical (unpaired) electrons. The topological polar surface area (TPSA) is 33.2 Å². The van der Waals surface area contributed by atoms with Gasteiger partial charge in [-0.2, -0.15) is 0 Å². The summed E-state index contributed by atoms with van der Waals surface area (Å²) in [6, 6.07) is 10.1. The Morgan fingerprint density at radius 1 is 1.37 bits per heavy atom. The highest BCUT2D eigenvalue weighted by molar-refractivity contribution is 6.18. The first-order valence-electron chi connectivity index (χ1n) is 6.43. The number of nitrogens with zero attached hydrogens (tertiary/aromatic N) is 2. The third-order valence-electron chi connectivity index (χ3n) is 3.53. The third-order valence-corrected chi connectivity index (χ3v) is 3.97. The molecule has 4 heteroatoms. The fraction of sp³-hybridized carbons (Fsp3) is 0.333. The van der Waals surface area contributed by atoms with Crippen LogP contribution in [-0.4, -0.2) is 28.2 Å². The highest BCUT2D eigenvalue weighted by Gasteiger charge is 2.28. The van der Waals surface area contributed by atoms with Gasteiger partial charge in [-0.3, -0.25) is 9.78 Å². The lowest BCUT2D eigenvalue weighted by atomic mass is 10.1. The normalized spacial score (nSPS) is 19.3. The predicted octanol–water partition coefficient (Wildman–Crippen LogP) is 2.82. The van der Waals surface area contributed by atoms with Crippen molar-refractivity contribution in [3.05, 3.63) is 42.1 Å². The summed E-state index contributed by atoms with van der Waals surface area (Å²) in [5.41, 5.74) is 2.06. The molecule has 1 aliphatic heterocycles. The molecule has 3 nitrogen and oxygen atoms in total. The zero-order chi connectivity index (χ0) is 13.2. The molecule has 1 aromatic heterocycles. The summed E-state index contributed by atoms with van der Waals surface area (Å²) >= 11 is 5.83. The maximum atomic E-state index is 11.9. The molecule has 1 atom stereocenters. The standard InChI is InChI=1S/C15H15ClN2O/c16-7-11-6-15(19)18(9-11)10-12-5-13-3-1-2-4-14(13)17-8-12/h1-5,8,11H,6-7,9-10H2. The number of hydrogen-bond donors (Lipinski definition) is 0. The molecule has 2 heterocycles. The van der Waals surface area contributed by atoms with Gasteiger partial charge in [0.2, 0.25) is 5.91 Å². The number of pyridine rings is 1. The number of carbonyl (C=O) groups is 1. The molecule has 3 rings (SSSR count). The summed E-state index contributed by atoms with van der Waals surface area (Å²) in [5.74, 6) is 1.04. The van der Waals surface area contributed by atoms with Crippen LogP contribution >= 0.6 is 11.6 Å². The fourth-order valence-electron chi connectivity index (χ4n) is 2.53. The van der Waals surface area contributed by atoms with Crippen LogP contribution in [0.15, 0.2) is 36.5 Å². The molecule has 1 saturated heterocycles. The van der Waals surface area contributed by atoms with Crippen LogP contribution in [0.3, 0.4) is 0 Å². The van der Waals surface area contributed by atoms with Crippen LogP contribution in [0.2, 0.25) is 0 Å². The Hall–Kier alpha value is -1.61. The third kappa shape index (κ3) is 2.56. The Bertz CT molecular complexity index is 614. The van der Waals surface area contributed by atoms with E-state index in [4.69, 9.17) is 11.6 Å². The first-order valence-corrected chi connectivity index (χ1v) is 6.97. The first kappa shape index (κ1) is 12.4. The van der Waals surface area contributed by atoms with Crippen LogP contribution in [0.25, 0.3) is 10.9 Å². The lowest BCUT2D eigenvalue weighted by Gasteiger charge is -2.16. The maximum absolute atomic E-state index is 11.9. The van der Waals surface area contributed by atoms with Gasteiger partial charge in [-0.1, -0.05) is 18.2 Å². The van der Waals surface area contributed by atoms with Crippen molar-refractivity contribution in [1.82, 2.24) is 9.88 Å². The van der Waals surface area contributed by atoms with E-state index in [0.29, 0.717) is 24.8 Å². The summed E-state index contributed by atoms with van der Waals surface area (Å²) in [6.07, 6.45) is 2.42. The van der Waals surface area contributed by atoms with Crippen molar-refractivity contribution in [2.75, 3.05) is 12.4 Å². The number of halogens is 1. The second-order valence-corrected chi connectivity index (χ2v) is 5.34. The molecule has 1 unspecified atom stereocenters. The molecule has 98 valence electrons. The zero-order valence-electron chi connectivity index (χ0n) is 10.6. The lowest BCUT2D eigenvalue weighted by Crippen LogP contribution is -2.24. The summed E-state index contributed by atoms with van der Waals surface area (Å²) in [7, 11) is 0. The average molecular weight is 275 g/mol. The second kappa shape index (κ2) is 5.17. The van der Waals surface area contributed by atoms with Gasteiger partial charge < -0.3 is 4.90 Å². The molecular formula is C15H15ClN2O. The van der Waals surface area contributed by atoms with E-state index in [1.54, 1.807) is 0 Å². The molecule has 1 amide bonds. The summed E-state index contributed by atoms with van der Waals surface area (Å²) in [4.78, 5) is 18.2. The van der Waals surface area contributed by atoms with Crippen molar-refractivity contribution in [3.63, 3.8) is 0 Å². The zero-order valence-corrected chi connectivity index (χ0v) is 11.3. The number of likely N-dealkylation sites (tertiary alicyclic amines) is 1. The van der Waals surface area contributed by atoms with E-state index in [1.807, 2.05) is 35.4 Å². The SMILES string of the molecule is O=C1CC(CCl)CN1Cc1cnc2ccccc2c1. The van der Waals surface area contributed by atoms with E-state index < -0.39 is 0 Å². The maximum Gasteiger partial charge on any atom is 0.223 e. The van der Waals surface area contributed by atoms with E-state index in [0.717, 1.165) is 23.0 Å². The van der Waals surface area contributed by atoms with Crippen molar-refractivity contribution in [3.8, 4) is 0 Å². The molecule has 0 N–H and O–H groups in total. The monoisotopic (exact) mass is 274 g/mol. The molecule has 0 saturated carbocycles. The molecule has 19 heavy (non-hydrogen) atoms. The molecule has 1 aliphatic rings. The fourth-order valence-corrected chi connectivity index (χ4v) is 2.74. The van der Waals surface area contributed by atoms with Gasteiger partial charge in [-0.05, 0) is 23.6 Å². The summed E-state index contributed by atoms with van der Waals surface area (Å²) in [6.45, 7) is 1.39. The van der Waals surface area contributed by atoms with Crippen LogP contribution in [0.5, 0.6) is 0 Å². The molecule has 1 aromatic carbocycles. The van der Waals surface area contributed by atoms with Crippen molar-refractivity contribution >= 4 is 28.4 Å². The molecule has 0 bridgehead atoms. The van der Waals surface area contributed by atoms with E-state index in [9.17, 15) is 4.79 Å².